The molecule has 12 heteroatoms. The molecule has 0 saturated heterocycles. The molecule has 0 aliphatic carbocycles. The van der Waals surface area contributed by atoms with Gasteiger partial charge in [0.05, 0.1) is 17.6 Å². The maximum Gasteiger partial charge on any atom is 0.280 e. The predicted octanol–water partition coefficient (Wildman–Crippen LogP) is 3.04. The minimum absolute atomic E-state index is 0.0625. The second-order valence-corrected chi connectivity index (χ2v) is 6.73. The lowest BCUT2D eigenvalue weighted by molar-refractivity contribution is 0.0995. The number of aromatic nitrogens is 5. The van der Waals surface area contributed by atoms with Crippen LogP contribution < -0.4 is 11.1 Å². The summed E-state index contributed by atoms with van der Waals surface area (Å²) in [6.45, 7) is 2.20. The maximum absolute atomic E-state index is 13.7. The Balaban J connectivity index is 1.79. The summed E-state index contributed by atoms with van der Waals surface area (Å²) in [7, 11) is 0. The molecule has 164 valence electrons. The highest BCUT2D eigenvalue weighted by Crippen LogP contribution is 2.27. The van der Waals surface area contributed by atoms with Crippen LogP contribution in [0.3, 0.4) is 0 Å². The number of nitrogens with one attached hydrogen (secondary N) is 1. The van der Waals surface area contributed by atoms with Gasteiger partial charge in [-0.15, -0.1) is 0 Å². The molecule has 0 unspecified atom stereocenters. The fourth-order valence-electron chi connectivity index (χ4n) is 3.12. The van der Waals surface area contributed by atoms with Crippen molar-refractivity contribution in [1.82, 2.24) is 24.4 Å². The molecule has 3 aromatic heterocycles. The van der Waals surface area contributed by atoms with Crippen LogP contribution in [-0.2, 0) is 6.54 Å². The zero-order chi connectivity index (χ0) is 23.0. The smallest absolute Gasteiger partial charge is 0.280 e. The lowest BCUT2D eigenvalue weighted by Crippen LogP contribution is -2.18. The van der Waals surface area contributed by atoms with Gasteiger partial charge in [-0.25, -0.2) is 22.7 Å². The van der Waals surface area contributed by atoms with E-state index >= 15 is 0 Å². The number of alkyl halides is 2. The zero-order valence-electron chi connectivity index (χ0n) is 16.6. The van der Waals surface area contributed by atoms with E-state index in [-0.39, 0.29) is 28.3 Å². The molecule has 0 aliphatic rings. The van der Waals surface area contributed by atoms with Gasteiger partial charge in [-0.1, -0.05) is 0 Å². The second-order valence-electron chi connectivity index (χ2n) is 6.73. The molecule has 0 aliphatic heterocycles. The summed E-state index contributed by atoms with van der Waals surface area (Å²) < 4.78 is 42.9. The highest BCUT2D eigenvalue weighted by atomic mass is 19.3. The number of hydrogen-bond donors (Lipinski definition) is 2. The van der Waals surface area contributed by atoms with E-state index in [0.717, 1.165) is 16.8 Å². The second kappa shape index (κ2) is 8.13. The largest absolute Gasteiger partial charge is 0.364 e. The van der Waals surface area contributed by atoms with Gasteiger partial charge in [-0.3, -0.25) is 14.3 Å². The number of aryl methyl sites for hydroxylation is 1. The third-order valence-electron chi connectivity index (χ3n) is 4.67. The number of amides is 2. The summed E-state index contributed by atoms with van der Waals surface area (Å²) in [5, 5.41) is 10.4. The number of nitrogens with two attached hydrogens (primary N) is 1. The molecule has 0 radical (unpaired) electrons. The van der Waals surface area contributed by atoms with Gasteiger partial charge in [0.25, 0.3) is 18.2 Å². The van der Waals surface area contributed by atoms with E-state index in [4.69, 9.17) is 5.73 Å². The Morgan fingerprint density at radius 1 is 1.22 bits per heavy atom. The standard InChI is InChI=1S/C20H16F3N7O2/c1-2-29-9-14(16(28-29)18(24)31)27-20(32)12-8-25-30-15(17(22)23)7-13(26-19(12)30)10-3-5-11(21)6-4-10/h3-9,17H,2H2,1H3,(H2,24,31)(H,27,32). The number of fused-ring (bicyclic) bond motifs is 1. The van der Waals surface area contributed by atoms with Crippen molar-refractivity contribution in [1.29, 1.82) is 0 Å². The van der Waals surface area contributed by atoms with Crippen LogP contribution >= 0.6 is 0 Å². The Morgan fingerprint density at radius 3 is 2.56 bits per heavy atom. The molecule has 2 amide bonds. The van der Waals surface area contributed by atoms with Crippen molar-refractivity contribution in [3.63, 3.8) is 0 Å². The first kappa shape index (κ1) is 21.0. The molecule has 0 spiro atoms. The molecule has 0 fully saturated rings. The zero-order valence-corrected chi connectivity index (χ0v) is 16.6. The molecule has 32 heavy (non-hydrogen) atoms. The molecule has 3 N–H and O–H groups in total. The average Bonchev–Trinajstić information content (AvgIpc) is 3.37. The van der Waals surface area contributed by atoms with Crippen LogP contribution in [0.2, 0.25) is 0 Å². The van der Waals surface area contributed by atoms with Crippen molar-refractivity contribution in [2.24, 2.45) is 5.73 Å². The summed E-state index contributed by atoms with van der Waals surface area (Å²) >= 11 is 0. The lowest BCUT2D eigenvalue weighted by atomic mass is 10.1. The van der Waals surface area contributed by atoms with Crippen LogP contribution in [0.15, 0.2) is 42.7 Å². The van der Waals surface area contributed by atoms with Crippen molar-refractivity contribution in [3.8, 4) is 11.3 Å². The van der Waals surface area contributed by atoms with E-state index in [9.17, 15) is 22.8 Å². The van der Waals surface area contributed by atoms with Gasteiger partial charge in [0.2, 0.25) is 0 Å². The maximum atomic E-state index is 13.7. The van der Waals surface area contributed by atoms with Crippen LogP contribution in [0, 0.1) is 5.82 Å². The third kappa shape index (κ3) is 3.77. The molecule has 4 aromatic rings. The number of carbonyl (C=O) groups is 2. The summed E-state index contributed by atoms with van der Waals surface area (Å²) in [5.74, 6) is -2.09. The van der Waals surface area contributed by atoms with Gasteiger partial charge in [-0.2, -0.15) is 10.2 Å². The summed E-state index contributed by atoms with van der Waals surface area (Å²) in [4.78, 5) is 28.8. The molecule has 4 rings (SSSR count). The molecular formula is C20H16F3N7O2. The Morgan fingerprint density at radius 2 is 1.94 bits per heavy atom. The molecule has 3 heterocycles. The van der Waals surface area contributed by atoms with Crippen molar-refractivity contribution in [2.45, 2.75) is 19.9 Å². The Hall–Kier alpha value is -4.22. The molecule has 1 aromatic carbocycles. The van der Waals surface area contributed by atoms with E-state index in [1.165, 1.54) is 35.1 Å². The van der Waals surface area contributed by atoms with Gasteiger partial charge in [0.15, 0.2) is 11.3 Å². The van der Waals surface area contributed by atoms with Crippen LogP contribution in [0.1, 0.15) is 39.9 Å². The van der Waals surface area contributed by atoms with Crippen molar-refractivity contribution in [3.05, 3.63) is 65.5 Å². The molecule has 9 nitrogen and oxygen atoms in total. The highest BCUT2D eigenvalue weighted by Gasteiger charge is 2.23. The fraction of sp³-hybridized carbons (Fsp3) is 0.150. The van der Waals surface area contributed by atoms with E-state index in [1.807, 2.05) is 0 Å². The first-order valence-electron chi connectivity index (χ1n) is 9.39. The summed E-state index contributed by atoms with van der Waals surface area (Å²) in [6, 6.07) is 6.24. The average molecular weight is 443 g/mol. The van der Waals surface area contributed by atoms with Crippen LogP contribution in [0.25, 0.3) is 16.9 Å². The quantitative estimate of drug-likeness (QED) is 0.475. The summed E-state index contributed by atoms with van der Waals surface area (Å²) in [5.41, 5.74) is 4.97. The predicted molar refractivity (Wildman–Crippen MR) is 108 cm³/mol. The molecular weight excluding hydrogens is 427 g/mol. The Bertz CT molecular complexity index is 1330. The minimum Gasteiger partial charge on any atom is -0.364 e. The first-order chi connectivity index (χ1) is 15.3. The van der Waals surface area contributed by atoms with Crippen molar-refractivity contribution in [2.75, 3.05) is 5.32 Å². The van der Waals surface area contributed by atoms with Gasteiger partial charge in [0, 0.05) is 18.3 Å². The van der Waals surface area contributed by atoms with Crippen LogP contribution in [-0.4, -0.2) is 36.2 Å². The Labute approximate surface area is 178 Å². The topological polar surface area (TPSA) is 120 Å². The van der Waals surface area contributed by atoms with Gasteiger partial charge in [-0.05, 0) is 37.3 Å². The van der Waals surface area contributed by atoms with E-state index < -0.39 is 29.8 Å². The SMILES string of the molecule is CCn1cc(NC(=O)c2cnn3c(C(F)F)cc(-c4ccc(F)cc4)nc23)c(C(N)=O)n1. The van der Waals surface area contributed by atoms with E-state index in [0.29, 0.717) is 12.1 Å². The molecule has 0 saturated carbocycles. The number of carbonyl (C=O) groups excluding carboxylic acids is 2. The number of halogens is 3. The van der Waals surface area contributed by atoms with Crippen LogP contribution in [0.4, 0.5) is 18.9 Å². The highest BCUT2D eigenvalue weighted by molar-refractivity contribution is 6.10. The van der Waals surface area contributed by atoms with Crippen molar-refractivity contribution < 1.29 is 22.8 Å². The van der Waals surface area contributed by atoms with Gasteiger partial charge < -0.3 is 11.1 Å². The summed E-state index contributed by atoms with van der Waals surface area (Å²) in [6.07, 6.45) is -0.405. The normalized spacial score (nSPS) is 11.3. The lowest BCUT2D eigenvalue weighted by Gasteiger charge is -2.09. The number of hydrogen-bond acceptors (Lipinski definition) is 5. The minimum atomic E-state index is -2.92. The van der Waals surface area contributed by atoms with E-state index in [2.05, 4.69) is 20.5 Å². The number of nitrogens with zero attached hydrogens (tertiary/aromatic N) is 5. The van der Waals surface area contributed by atoms with Gasteiger partial charge in [0.1, 0.15) is 17.1 Å². The molecule has 0 bridgehead atoms. The number of primary amides is 1. The van der Waals surface area contributed by atoms with Gasteiger partial charge >= 0.3 is 0 Å². The monoisotopic (exact) mass is 443 g/mol. The number of benzene rings is 1. The van der Waals surface area contributed by atoms with Crippen molar-refractivity contribution >= 4 is 23.1 Å². The third-order valence-corrected chi connectivity index (χ3v) is 4.67. The van der Waals surface area contributed by atoms with Crippen LogP contribution in [0.5, 0.6) is 0 Å². The Kier molecular flexibility index (Phi) is 5.34. The van der Waals surface area contributed by atoms with E-state index in [1.54, 1.807) is 6.92 Å². The first-order valence-corrected chi connectivity index (χ1v) is 9.39. The number of rotatable bonds is 6. The number of anilines is 1. The molecule has 0 atom stereocenters. The fourth-order valence-corrected chi connectivity index (χ4v) is 3.12.